The van der Waals surface area contributed by atoms with E-state index >= 15 is 0 Å². The summed E-state index contributed by atoms with van der Waals surface area (Å²) in [6.45, 7) is 2.27. The molecule has 0 aliphatic heterocycles. The van der Waals surface area contributed by atoms with Crippen molar-refractivity contribution in [3.8, 4) is 0 Å². The van der Waals surface area contributed by atoms with Gasteiger partial charge < -0.3 is 4.57 Å². The van der Waals surface area contributed by atoms with Crippen molar-refractivity contribution in [3.05, 3.63) is 67.6 Å². The molecule has 0 unspecified atom stereocenters. The Morgan fingerprint density at radius 2 is 2.15 bits per heavy atom. The van der Waals surface area contributed by atoms with Crippen LogP contribution in [0.25, 0.3) is 11.2 Å². The van der Waals surface area contributed by atoms with E-state index in [1.807, 2.05) is 19.1 Å². The molecule has 0 amide bonds. The summed E-state index contributed by atoms with van der Waals surface area (Å²) in [5, 5.41) is 0.836. The number of aromatic nitrogens is 4. The molecule has 0 fully saturated rings. The van der Waals surface area contributed by atoms with Gasteiger partial charge in [-0.25, -0.2) is 14.2 Å². The molecule has 0 saturated carbocycles. The van der Waals surface area contributed by atoms with E-state index in [0.29, 0.717) is 27.8 Å². The van der Waals surface area contributed by atoms with Crippen molar-refractivity contribution in [2.45, 2.75) is 24.4 Å². The van der Waals surface area contributed by atoms with Crippen LogP contribution >= 0.6 is 23.4 Å². The first-order chi connectivity index (χ1) is 12.4. The molecule has 3 aromatic rings. The van der Waals surface area contributed by atoms with Crippen molar-refractivity contribution in [2.75, 3.05) is 0 Å². The molecule has 3 rings (SSSR count). The Labute approximate surface area is 157 Å². The first kappa shape index (κ1) is 18.5. The first-order valence-corrected chi connectivity index (χ1v) is 9.16. The topological polar surface area (TPSA) is 72.7 Å². The zero-order valence-electron chi connectivity index (χ0n) is 14.1. The number of hydrogen-bond donors (Lipinski definition) is 1. The lowest BCUT2D eigenvalue weighted by Crippen LogP contribution is -2.29. The van der Waals surface area contributed by atoms with E-state index in [0.717, 1.165) is 0 Å². The molecule has 2 heterocycles. The van der Waals surface area contributed by atoms with E-state index in [1.54, 1.807) is 16.7 Å². The van der Waals surface area contributed by atoms with Crippen molar-refractivity contribution in [3.63, 3.8) is 0 Å². The predicted molar refractivity (Wildman–Crippen MR) is 101 cm³/mol. The molecule has 9 heteroatoms. The third-order valence-corrected chi connectivity index (χ3v) is 5.26. The molecule has 1 N–H and O–H groups in total. The summed E-state index contributed by atoms with van der Waals surface area (Å²) >= 11 is 7.33. The summed E-state index contributed by atoms with van der Waals surface area (Å²) in [6, 6.07) is 4.51. The van der Waals surface area contributed by atoms with Crippen molar-refractivity contribution in [1.29, 1.82) is 0 Å². The van der Waals surface area contributed by atoms with Crippen molar-refractivity contribution >= 4 is 34.5 Å². The van der Waals surface area contributed by atoms with E-state index < -0.39 is 17.1 Å². The summed E-state index contributed by atoms with van der Waals surface area (Å²) in [5.74, 6) is -0.150. The number of nitrogens with one attached hydrogen (secondary N) is 1. The van der Waals surface area contributed by atoms with Crippen molar-refractivity contribution in [1.82, 2.24) is 19.1 Å². The third-order valence-electron chi connectivity index (χ3n) is 3.90. The molecule has 136 valence electrons. The second kappa shape index (κ2) is 7.51. The lowest BCUT2D eigenvalue weighted by Gasteiger charge is -2.07. The highest BCUT2D eigenvalue weighted by atomic mass is 35.5. The highest BCUT2D eigenvalue weighted by Crippen LogP contribution is 2.29. The lowest BCUT2D eigenvalue weighted by molar-refractivity contribution is 0.617. The number of H-pyrrole nitrogens is 1. The van der Waals surface area contributed by atoms with Crippen LogP contribution in [0, 0.1) is 5.82 Å². The van der Waals surface area contributed by atoms with E-state index in [1.165, 1.54) is 29.4 Å². The van der Waals surface area contributed by atoms with Gasteiger partial charge in [-0.3, -0.25) is 14.3 Å². The van der Waals surface area contributed by atoms with Gasteiger partial charge in [0.15, 0.2) is 16.3 Å². The average molecular weight is 395 g/mol. The molecule has 0 bridgehead atoms. The van der Waals surface area contributed by atoms with E-state index in [-0.39, 0.29) is 11.4 Å². The van der Waals surface area contributed by atoms with Gasteiger partial charge in [0.1, 0.15) is 5.82 Å². The number of fused-ring (bicyclic) bond motifs is 1. The minimum atomic E-state index is -0.535. The minimum Gasteiger partial charge on any atom is -0.309 e. The number of benzene rings is 1. The van der Waals surface area contributed by atoms with Gasteiger partial charge in [0.2, 0.25) is 0 Å². The maximum absolute atomic E-state index is 14.0. The molecule has 0 radical (unpaired) electrons. The quantitative estimate of drug-likeness (QED) is 0.533. The normalized spacial score (nSPS) is 11.7. The van der Waals surface area contributed by atoms with Crippen LogP contribution in [0.5, 0.6) is 0 Å². The fourth-order valence-corrected chi connectivity index (χ4v) is 3.86. The van der Waals surface area contributed by atoms with Gasteiger partial charge in [0.05, 0.1) is 0 Å². The predicted octanol–water partition coefficient (Wildman–Crippen LogP) is 3.08. The van der Waals surface area contributed by atoms with E-state index in [4.69, 9.17) is 11.6 Å². The summed E-state index contributed by atoms with van der Waals surface area (Å²) in [5.41, 5.74) is -0.0907. The molecule has 1 aromatic carbocycles. The second-order valence-corrected chi connectivity index (χ2v) is 6.90. The van der Waals surface area contributed by atoms with Gasteiger partial charge in [-0.05, 0) is 19.1 Å². The fourth-order valence-electron chi connectivity index (χ4n) is 2.51. The Hall–Kier alpha value is -2.32. The number of allylic oxidation sites excluding steroid dienone is 2. The highest BCUT2D eigenvalue weighted by Gasteiger charge is 2.18. The zero-order valence-corrected chi connectivity index (χ0v) is 15.7. The monoisotopic (exact) mass is 394 g/mol. The Morgan fingerprint density at radius 1 is 1.38 bits per heavy atom. The molecule has 0 aliphatic carbocycles. The van der Waals surface area contributed by atoms with Crippen molar-refractivity contribution in [2.24, 2.45) is 7.05 Å². The Kier molecular flexibility index (Phi) is 5.33. The Morgan fingerprint density at radius 3 is 2.85 bits per heavy atom. The van der Waals surface area contributed by atoms with Gasteiger partial charge in [0.25, 0.3) is 5.56 Å². The van der Waals surface area contributed by atoms with E-state index in [2.05, 4.69) is 9.97 Å². The molecule has 0 saturated heterocycles. The first-order valence-electron chi connectivity index (χ1n) is 7.80. The number of nitrogens with zero attached hydrogens (tertiary/aromatic N) is 3. The average Bonchev–Trinajstić information content (AvgIpc) is 2.96. The molecule has 26 heavy (non-hydrogen) atoms. The Balaban J connectivity index is 2.10. The molecule has 0 aliphatic rings. The van der Waals surface area contributed by atoms with Gasteiger partial charge >= 0.3 is 5.69 Å². The largest absolute Gasteiger partial charge is 0.329 e. The molecular formula is C17H16ClFN4O2S. The molecular weight excluding hydrogens is 379 g/mol. The van der Waals surface area contributed by atoms with Gasteiger partial charge in [-0.2, -0.15) is 0 Å². The fraction of sp³-hybridized carbons (Fsp3) is 0.235. The summed E-state index contributed by atoms with van der Waals surface area (Å²) < 4.78 is 17.0. The number of aryl methyl sites for hydroxylation is 1. The number of rotatable bonds is 5. The van der Waals surface area contributed by atoms with Crippen LogP contribution in [0.4, 0.5) is 4.39 Å². The molecule has 6 nitrogen and oxygen atoms in total. The third kappa shape index (κ3) is 3.34. The maximum atomic E-state index is 14.0. The number of hydrogen-bond acceptors (Lipinski definition) is 4. The van der Waals surface area contributed by atoms with Crippen LogP contribution in [0.3, 0.4) is 0 Å². The van der Waals surface area contributed by atoms with Gasteiger partial charge in [-0.15, -0.1) is 0 Å². The Bertz CT molecular complexity index is 1100. The van der Waals surface area contributed by atoms with Crippen LogP contribution in [-0.4, -0.2) is 19.1 Å². The van der Waals surface area contributed by atoms with Gasteiger partial charge in [-0.1, -0.05) is 41.6 Å². The number of halogens is 2. The van der Waals surface area contributed by atoms with Crippen LogP contribution in [-0.2, 0) is 19.3 Å². The highest BCUT2D eigenvalue weighted by molar-refractivity contribution is 7.98. The summed E-state index contributed by atoms with van der Waals surface area (Å²) in [4.78, 5) is 30.8. The van der Waals surface area contributed by atoms with Crippen molar-refractivity contribution < 1.29 is 4.39 Å². The smallest absolute Gasteiger partial charge is 0.309 e. The number of thioether (sulfide) groups is 1. The zero-order chi connectivity index (χ0) is 18.8. The minimum absolute atomic E-state index is 0.247. The SMILES string of the molecule is CC=CCn1c(SCc2c(F)cccc2Cl)nc2c1c(=O)[nH]c(=O)n2C. The van der Waals surface area contributed by atoms with E-state index in [9.17, 15) is 14.0 Å². The standard InChI is InChI=1S/C17H16ClFN4O2S/c1-3-4-8-23-13-14(22(2)16(25)21-15(13)24)20-17(23)26-9-10-11(18)6-5-7-12(10)19/h3-7H,8-9H2,1-2H3,(H,21,24,25). The number of aromatic amines is 1. The molecule has 0 spiro atoms. The summed E-state index contributed by atoms with van der Waals surface area (Å²) in [7, 11) is 1.54. The summed E-state index contributed by atoms with van der Waals surface area (Å²) in [6.07, 6.45) is 3.72. The maximum Gasteiger partial charge on any atom is 0.329 e. The van der Waals surface area contributed by atoms with Crippen LogP contribution < -0.4 is 11.2 Å². The number of imidazole rings is 1. The van der Waals surface area contributed by atoms with Crippen LogP contribution in [0.15, 0.2) is 45.1 Å². The second-order valence-electron chi connectivity index (χ2n) is 5.55. The van der Waals surface area contributed by atoms with Gasteiger partial charge in [0, 0.05) is 29.9 Å². The van der Waals surface area contributed by atoms with Crippen LogP contribution in [0.1, 0.15) is 12.5 Å². The molecule has 2 aromatic heterocycles. The molecule has 0 atom stereocenters. The lowest BCUT2D eigenvalue weighted by atomic mass is 10.2. The van der Waals surface area contributed by atoms with Crippen LogP contribution in [0.2, 0.25) is 5.02 Å².